The van der Waals surface area contributed by atoms with Crippen LogP contribution in [0.1, 0.15) is 28.7 Å². The number of benzene rings is 2. The van der Waals surface area contributed by atoms with Crippen molar-refractivity contribution in [2.24, 2.45) is 0 Å². The van der Waals surface area contributed by atoms with Crippen molar-refractivity contribution in [1.82, 2.24) is 4.98 Å². The molecule has 0 unspecified atom stereocenters. The van der Waals surface area contributed by atoms with Crippen molar-refractivity contribution in [3.63, 3.8) is 0 Å². The molecule has 0 fully saturated rings. The summed E-state index contributed by atoms with van der Waals surface area (Å²) in [6.07, 6.45) is -0.198. The fraction of sp³-hybridized carbons (Fsp3) is 0.217. The van der Waals surface area contributed by atoms with E-state index in [9.17, 15) is 26.4 Å². The molecule has 0 atom stereocenters. The van der Waals surface area contributed by atoms with Crippen molar-refractivity contribution >= 4 is 27.2 Å². The number of pyridine rings is 1. The smallest absolute Gasteiger partial charge is 0.299 e. The van der Waals surface area contributed by atoms with Crippen LogP contribution in [0.25, 0.3) is 0 Å². The number of alkyl halides is 3. The molecule has 0 aliphatic rings. The van der Waals surface area contributed by atoms with Crippen molar-refractivity contribution < 1.29 is 26.4 Å². The number of Topliss-reactive ketones (excluding diaryl/α,β-unsaturated/α-hetero) is 1. The average molecular weight is 482 g/mol. The van der Waals surface area contributed by atoms with Crippen LogP contribution in [0.2, 0.25) is 5.02 Å². The average Bonchev–Trinajstić information content (AvgIpc) is 2.74. The van der Waals surface area contributed by atoms with E-state index in [-0.39, 0.29) is 27.7 Å². The lowest BCUT2D eigenvalue weighted by molar-refractivity contribution is -0.137. The van der Waals surface area contributed by atoms with Crippen molar-refractivity contribution in [3.05, 3.63) is 94.3 Å². The predicted octanol–water partition coefficient (Wildman–Crippen LogP) is 5.47. The lowest BCUT2D eigenvalue weighted by atomic mass is 10.0. The zero-order chi connectivity index (χ0) is 23.4. The van der Waals surface area contributed by atoms with Gasteiger partial charge in [-0.25, -0.2) is 8.42 Å². The highest BCUT2D eigenvalue weighted by molar-refractivity contribution is 7.90. The van der Waals surface area contributed by atoms with Crippen LogP contribution < -0.4 is 0 Å². The summed E-state index contributed by atoms with van der Waals surface area (Å²) in [7, 11) is -3.93. The summed E-state index contributed by atoms with van der Waals surface area (Å²) in [5.74, 6) is -0.667. The number of aryl methyl sites for hydroxylation is 1. The van der Waals surface area contributed by atoms with Crippen molar-refractivity contribution in [2.75, 3.05) is 0 Å². The fourth-order valence-corrected chi connectivity index (χ4v) is 4.74. The highest BCUT2D eigenvalue weighted by atomic mass is 35.5. The Hall–Kier alpha value is -2.71. The quantitative estimate of drug-likeness (QED) is 0.428. The number of nitrogens with zero attached hydrogens (tertiary/aromatic N) is 1. The molecule has 4 nitrogen and oxygen atoms in total. The first kappa shape index (κ1) is 23.9. The lowest BCUT2D eigenvalue weighted by Crippen LogP contribution is -2.09. The number of hydrogen-bond acceptors (Lipinski definition) is 4. The van der Waals surface area contributed by atoms with E-state index in [4.69, 9.17) is 11.6 Å². The number of rotatable bonds is 8. The number of halogens is 4. The molecule has 0 radical (unpaired) electrons. The molecule has 3 aromatic rings. The Kier molecular flexibility index (Phi) is 7.36. The standard InChI is InChI=1S/C23H19ClF3NO3S/c24-22-10-6-19(23(25,26)27)13-18(22)15-32(30,31)21-8-4-16(5-9-21)12-20(29)7-3-17-2-1-11-28-14-17/h1-2,4-6,8-11,13-14H,3,7,12,15H2. The molecular formula is C23H19ClF3NO3S. The Morgan fingerprint density at radius 2 is 1.72 bits per heavy atom. The second-order valence-electron chi connectivity index (χ2n) is 7.28. The molecule has 3 rings (SSSR count). The maximum atomic E-state index is 12.9. The maximum absolute atomic E-state index is 12.9. The Morgan fingerprint density at radius 1 is 1.00 bits per heavy atom. The molecule has 2 aromatic carbocycles. The summed E-state index contributed by atoms with van der Waals surface area (Å²) >= 11 is 5.92. The molecule has 0 saturated heterocycles. The van der Waals surface area contributed by atoms with Gasteiger partial charge in [-0.2, -0.15) is 13.2 Å². The Balaban J connectivity index is 1.66. The molecule has 0 N–H and O–H groups in total. The fourth-order valence-electron chi connectivity index (χ4n) is 3.11. The second kappa shape index (κ2) is 9.83. The van der Waals surface area contributed by atoms with E-state index in [2.05, 4.69) is 4.98 Å². The number of ketones is 1. The first-order valence-corrected chi connectivity index (χ1v) is 11.7. The van der Waals surface area contributed by atoms with Crippen LogP contribution in [0.5, 0.6) is 0 Å². The molecule has 1 aromatic heterocycles. The molecule has 0 amide bonds. The Morgan fingerprint density at radius 3 is 2.34 bits per heavy atom. The Labute approximate surface area is 189 Å². The minimum absolute atomic E-state index is 0.000192. The van der Waals surface area contributed by atoms with Gasteiger partial charge >= 0.3 is 6.18 Å². The van der Waals surface area contributed by atoms with Gasteiger partial charge in [0.25, 0.3) is 0 Å². The van der Waals surface area contributed by atoms with Gasteiger partial charge in [-0.1, -0.05) is 29.8 Å². The minimum atomic E-state index is -4.60. The summed E-state index contributed by atoms with van der Waals surface area (Å²) in [6.45, 7) is 0. The number of carbonyl (C=O) groups is 1. The molecule has 32 heavy (non-hydrogen) atoms. The maximum Gasteiger partial charge on any atom is 0.416 e. The normalized spacial score (nSPS) is 12.0. The first-order valence-electron chi connectivity index (χ1n) is 9.62. The molecule has 1 heterocycles. The molecule has 9 heteroatoms. The topological polar surface area (TPSA) is 64.1 Å². The largest absolute Gasteiger partial charge is 0.416 e. The molecule has 0 spiro atoms. The third-order valence-corrected chi connectivity index (χ3v) is 6.87. The minimum Gasteiger partial charge on any atom is -0.299 e. The van der Waals surface area contributed by atoms with Crippen LogP contribution in [-0.2, 0) is 39.4 Å². The monoisotopic (exact) mass is 481 g/mol. The molecule has 168 valence electrons. The van der Waals surface area contributed by atoms with Gasteiger partial charge in [0.15, 0.2) is 9.84 Å². The van der Waals surface area contributed by atoms with Crippen LogP contribution in [0, 0.1) is 0 Å². The van der Waals surface area contributed by atoms with Crippen LogP contribution in [0.4, 0.5) is 13.2 Å². The van der Waals surface area contributed by atoms with Crippen molar-refractivity contribution in [1.29, 1.82) is 0 Å². The SMILES string of the molecule is O=C(CCc1cccnc1)Cc1ccc(S(=O)(=O)Cc2cc(C(F)(F)F)ccc2Cl)cc1. The van der Waals surface area contributed by atoms with Gasteiger partial charge in [0.1, 0.15) is 5.78 Å². The van der Waals surface area contributed by atoms with Gasteiger partial charge in [0.05, 0.1) is 16.2 Å². The van der Waals surface area contributed by atoms with Crippen LogP contribution in [0.15, 0.2) is 71.9 Å². The predicted molar refractivity (Wildman–Crippen MR) is 115 cm³/mol. The highest BCUT2D eigenvalue weighted by Gasteiger charge is 2.31. The van der Waals surface area contributed by atoms with Gasteiger partial charge in [-0.05, 0) is 59.5 Å². The van der Waals surface area contributed by atoms with Crippen molar-refractivity contribution in [2.45, 2.75) is 36.1 Å². The van der Waals surface area contributed by atoms with Crippen LogP contribution >= 0.6 is 11.6 Å². The van der Waals surface area contributed by atoms with E-state index in [1.54, 1.807) is 18.5 Å². The molecule has 0 saturated carbocycles. The van der Waals surface area contributed by atoms with Gasteiger partial charge in [0, 0.05) is 30.3 Å². The second-order valence-corrected chi connectivity index (χ2v) is 9.68. The summed E-state index contributed by atoms with van der Waals surface area (Å²) in [6, 6.07) is 12.0. The molecular weight excluding hydrogens is 463 g/mol. The molecule has 0 aliphatic heterocycles. The zero-order valence-corrected chi connectivity index (χ0v) is 18.3. The van der Waals surface area contributed by atoms with Crippen LogP contribution in [0.3, 0.4) is 0 Å². The Bertz CT molecular complexity index is 1200. The lowest BCUT2D eigenvalue weighted by Gasteiger charge is -2.11. The third-order valence-electron chi connectivity index (χ3n) is 4.82. The van der Waals surface area contributed by atoms with Crippen LogP contribution in [-0.4, -0.2) is 19.2 Å². The third kappa shape index (κ3) is 6.40. The van der Waals surface area contributed by atoms with Gasteiger partial charge in [0.2, 0.25) is 0 Å². The number of hydrogen-bond donors (Lipinski definition) is 0. The van der Waals surface area contributed by atoms with E-state index in [1.807, 2.05) is 6.07 Å². The van der Waals surface area contributed by atoms with Gasteiger partial charge < -0.3 is 0 Å². The summed E-state index contributed by atoms with van der Waals surface area (Å²) < 4.78 is 64.2. The van der Waals surface area contributed by atoms with E-state index in [1.165, 1.54) is 24.3 Å². The number of sulfone groups is 1. The van der Waals surface area contributed by atoms with E-state index in [0.717, 1.165) is 23.8 Å². The van der Waals surface area contributed by atoms with E-state index >= 15 is 0 Å². The van der Waals surface area contributed by atoms with Gasteiger partial charge in [-0.15, -0.1) is 0 Å². The summed E-state index contributed by atoms with van der Waals surface area (Å²) in [5, 5.41) is -0.0580. The van der Waals surface area contributed by atoms with Crippen molar-refractivity contribution in [3.8, 4) is 0 Å². The summed E-state index contributed by atoms with van der Waals surface area (Å²) in [4.78, 5) is 16.2. The molecule has 0 bridgehead atoms. The zero-order valence-electron chi connectivity index (χ0n) is 16.8. The van der Waals surface area contributed by atoms with E-state index < -0.39 is 27.3 Å². The van der Waals surface area contributed by atoms with Gasteiger partial charge in [-0.3, -0.25) is 9.78 Å². The molecule has 0 aliphatic carbocycles. The number of aromatic nitrogens is 1. The first-order chi connectivity index (χ1) is 15.0. The summed E-state index contributed by atoms with van der Waals surface area (Å²) in [5.41, 5.74) is 0.510. The number of carbonyl (C=O) groups excluding carboxylic acids is 1. The highest BCUT2D eigenvalue weighted by Crippen LogP contribution is 2.33. The van der Waals surface area contributed by atoms with E-state index in [0.29, 0.717) is 18.4 Å².